The normalized spacial score (nSPS) is 14.6. The minimum Gasteiger partial charge on any atom is -0.496 e. The zero-order chi connectivity index (χ0) is 22.1. The van der Waals surface area contributed by atoms with Crippen molar-refractivity contribution in [3.8, 4) is 5.75 Å². The monoisotopic (exact) mass is 447 g/mol. The maximum atomic E-state index is 6.32. The number of methoxy groups -OCH3 is 1. The Labute approximate surface area is 192 Å². The van der Waals surface area contributed by atoms with Gasteiger partial charge in [0.2, 0.25) is 0 Å². The number of nitrogens with two attached hydrogens (primary N) is 1. The van der Waals surface area contributed by atoms with E-state index in [-0.39, 0.29) is 0 Å². The number of aromatic nitrogens is 3. The summed E-state index contributed by atoms with van der Waals surface area (Å²) in [6.07, 6.45) is 2.60. The number of imidazole rings is 1. The predicted molar refractivity (Wildman–Crippen MR) is 132 cm³/mol. The Morgan fingerprint density at radius 2 is 1.88 bits per heavy atom. The molecule has 3 heterocycles. The maximum absolute atomic E-state index is 6.32. The molecule has 0 atom stereocenters. The first kappa shape index (κ1) is 21.1. The number of likely N-dealkylation sites (tertiary alicyclic amines) is 1. The van der Waals surface area contributed by atoms with Crippen molar-refractivity contribution >= 4 is 39.5 Å². The van der Waals surface area contributed by atoms with Crippen molar-refractivity contribution in [3.63, 3.8) is 0 Å². The molecule has 5 rings (SSSR count). The van der Waals surface area contributed by atoms with E-state index in [0.717, 1.165) is 50.7 Å². The number of hydrogen-bond acceptors (Lipinski definition) is 6. The van der Waals surface area contributed by atoms with E-state index in [4.69, 9.17) is 15.5 Å². The molecule has 166 valence electrons. The Morgan fingerprint density at radius 3 is 2.66 bits per heavy atom. The lowest BCUT2D eigenvalue weighted by molar-refractivity contribution is 0.330. The molecule has 0 bridgehead atoms. The van der Waals surface area contributed by atoms with Crippen molar-refractivity contribution in [2.45, 2.75) is 38.0 Å². The first-order valence-electron chi connectivity index (χ1n) is 11.2. The van der Waals surface area contributed by atoms with Crippen LogP contribution in [0.2, 0.25) is 0 Å². The van der Waals surface area contributed by atoms with Crippen molar-refractivity contribution in [1.82, 2.24) is 19.4 Å². The number of benzene rings is 2. The van der Waals surface area contributed by atoms with Gasteiger partial charge in [-0.15, -0.1) is 0 Å². The summed E-state index contributed by atoms with van der Waals surface area (Å²) in [5.41, 5.74) is 11.4. The molecule has 4 aromatic rings. The Balaban J connectivity index is 1.59. The van der Waals surface area contributed by atoms with E-state index in [9.17, 15) is 0 Å². The van der Waals surface area contributed by atoms with E-state index in [1.165, 1.54) is 31.5 Å². The molecular weight excluding hydrogens is 418 g/mol. The van der Waals surface area contributed by atoms with Gasteiger partial charge in [0.1, 0.15) is 11.3 Å². The highest BCUT2D eigenvalue weighted by Crippen LogP contribution is 2.34. The fraction of sp³-hybridized carbons (Fsp3) is 0.360. The summed E-state index contributed by atoms with van der Waals surface area (Å²) in [6.45, 7) is 6.16. The Hall–Kier alpha value is -2.77. The fourth-order valence-electron chi connectivity index (χ4n) is 4.61. The SMILES string of the molecule is CCSc1nc2c(N)nc3ccccc3c2n1Cc1ccc(CN2CCCC2)cc1OC. The van der Waals surface area contributed by atoms with Crippen LogP contribution in [-0.2, 0) is 13.1 Å². The molecule has 6 nitrogen and oxygen atoms in total. The Kier molecular flexibility index (Phi) is 5.93. The first-order chi connectivity index (χ1) is 15.7. The van der Waals surface area contributed by atoms with E-state index in [0.29, 0.717) is 12.4 Å². The summed E-state index contributed by atoms with van der Waals surface area (Å²) in [7, 11) is 1.75. The molecule has 1 saturated heterocycles. The third kappa shape index (κ3) is 3.91. The van der Waals surface area contributed by atoms with E-state index < -0.39 is 0 Å². The number of thioether (sulfide) groups is 1. The maximum Gasteiger partial charge on any atom is 0.169 e. The summed E-state index contributed by atoms with van der Waals surface area (Å²) in [6, 6.07) is 14.7. The molecule has 1 aliphatic rings. The van der Waals surface area contributed by atoms with Crippen LogP contribution in [0.5, 0.6) is 5.75 Å². The molecular formula is C25H29N5OS. The zero-order valence-corrected chi connectivity index (χ0v) is 19.5. The lowest BCUT2D eigenvalue weighted by Crippen LogP contribution is -2.18. The average Bonchev–Trinajstić information content (AvgIpc) is 3.44. The molecule has 2 N–H and O–H groups in total. The molecule has 0 aliphatic carbocycles. The minimum atomic E-state index is 0.475. The number of para-hydroxylation sites is 1. The highest BCUT2D eigenvalue weighted by molar-refractivity contribution is 7.99. The molecule has 1 fully saturated rings. The first-order valence-corrected chi connectivity index (χ1v) is 12.2. The van der Waals surface area contributed by atoms with Crippen LogP contribution in [0.25, 0.3) is 21.9 Å². The van der Waals surface area contributed by atoms with Crippen LogP contribution in [-0.4, -0.2) is 45.4 Å². The minimum absolute atomic E-state index is 0.475. The molecule has 1 aliphatic heterocycles. The number of nitrogens with zero attached hydrogens (tertiary/aromatic N) is 4. The van der Waals surface area contributed by atoms with E-state index >= 15 is 0 Å². The van der Waals surface area contributed by atoms with Gasteiger partial charge >= 0.3 is 0 Å². The number of anilines is 1. The largest absolute Gasteiger partial charge is 0.496 e. The smallest absolute Gasteiger partial charge is 0.169 e. The van der Waals surface area contributed by atoms with Crippen LogP contribution in [0.4, 0.5) is 5.82 Å². The van der Waals surface area contributed by atoms with Crippen LogP contribution in [0, 0.1) is 0 Å². The molecule has 2 aromatic carbocycles. The molecule has 0 radical (unpaired) electrons. The van der Waals surface area contributed by atoms with E-state index in [2.05, 4.69) is 45.6 Å². The Morgan fingerprint density at radius 1 is 1.06 bits per heavy atom. The second-order valence-corrected chi connectivity index (χ2v) is 9.49. The van der Waals surface area contributed by atoms with Gasteiger partial charge in [-0.3, -0.25) is 4.90 Å². The van der Waals surface area contributed by atoms with E-state index in [1.54, 1.807) is 18.9 Å². The average molecular weight is 448 g/mol. The van der Waals surface area contributed by atoms with Crippen molar-refractivity contribution < 1.29 is 4.74 Å². The van der Waals surface area contributed by atoms with Gasteiger partial charge in [-0.25, -0.2) is 9.97 Å². The van der Waals surface area contributed by atoms with Gasteiger partial charge in [0.15, 0.2) is 11.0 Å². The standard InChI is InChI=1S/C25H29N5OS/c1-3-32-25-28-22-23(19-8-4-5-9-20(19)27-24(22)26)30(25)16-18-11-10-17(14-21(18)31-2)15-29-12-6-7-13-29/h4-5,8-11,14H,3,6-7,12-13,15-16H2,1-2H3,(H2,26,27). The van der Waals surface area contributed by atoms with Crippen molar-refractivity contribution in [1.29, 1.82) is 0 Å². The number of nitrogen functional groups attached to an aromatic ring is 1. The second kappa shape index (κ2) is 9.00. The highest BCUT2D eigenvalue weighted by atomic mass is 32.2. The van der Waals surface area contributed by atoms with Crippen LogP contribution >= 0.6 is 11.8 Å². The number of fused-ring (bicyclic) bond motifs is 3. The van der Waals surface area contributed by atoms with Gasteiger partial charge < -0.3 is 15.0 Å². The molecule has 0 amide bonds. The topological polar surface area (TPSA) is 69.2 Å². The van der Waals surface area contributed by atoms with Crippen molar-refractivity contribution in [3.05, 3.63) is 53.6 Å². The van der Waals surface area contributed by atoms with Gasteiger partial charge in [0, 0.05) is 17.5 Å². The summed E-state index contributed by atoms with van der Waals surface area (Å²) in [5.74, 6) is 2.33. The van der Waals surface area contributed by atoms with Crippen molar-refractivity contribution in [2.75, 3.05) is 31.7 Å². The highest BCUT2D eigenvalue weighted by Gasteiger charge is 2.19. The van der Waals surface area contributed by atoms with Gasteiger partial charge in [0.25, 0.3) is 0 Å². The van der Waals surface area contributed by atoms with Gasteiger partial charge in [-0.05, 0) is 49.4 Å². The number of hydrogen-bond donors (Lipinski definition) is 1. The summed E-state index contributed by atoms with van der Waals surface area (Å²) in [4.78, 5) is 12.0. The van der Waals surface area contributed by atoms with Crippen molar-refractivity contribution in [2.24, 2.45) is 0 Å². The van der Waals surface area contributed by atoms with Gasteiger partial charge in [-0.2, -0.15) is 0 Å². The molecule has 32 heavy (non-hydrogen) atoms. The Bertz CT molecular complexity index is 1260. The molecule has 2 aromatic heterocycles. The predicted octanol–water partition coefficient (Wildman–Crippen LogP) is 4.93. The number of ether oxygens (including phenoxy) is 1. The van der Waals surface area contributed by atoms with Crippen LogP contribution in [0.3, 0.4) is 0 Å². The summed E-state index contributed by atoms with van der Waals surface area (Å²) >= 11 is 1.72. The third-order valence-electron chi connectivity index (χ3n) is 6.13. The quantitative estimate of drug-likeness (QED) is 0.405. The fourth-order valence-corrected chi connectivity index (χ4v) is 5.34. The van der Waals surface area contributed by atoms with Crippen LogP contribution in [0.15, 0.2) is 47.6 Å². The van der Waals surface area contributed by atoms with Crippen LogP contribution < -0.4 is 10.5 Å². The third-order valence-corrected chi connectivity index (χ3v) is 6.99. The molecule has 0 saturated carbocycles. The number of pyridine rings is 1. The lowest BCUT2D eigenvalue weighted by Gasteiger charge is -2.17. The van der Waals surface area contributed by atoms with Gasteiger partial charge in [0.05, 0.1) is 24.7 Å². The zero-order valence-electron chi connectivity index (χ0n) is 18.7. The molecule has 0 spiro atoms. The van der Waals surface area contributed by atoms with Crippen LogP contribution in [0.1, 0.15) is 30.9 Å². The van der Waals surface area contributed by atoms with E-state index in [1.807, 2.05) is 18.2 Å². The lowest BCUT2D eigenvalue weighted by atomic mass is 10.1. The molecule has 7 heteroatoms. The van der Waals surface area contributed by atoms with Gasteiger partial charge in [-0.1, -0.05) is 49.0 Å². The second-order valence-electron chi connectivity index (χ2n) is 8.25. The summed E-state index contributed by atoms with van der Waals surface area (Å²) < 4.78 is 8.09. The summed E-state index contributed by atoms with van der Waals surface area (Å²) in [5, 5.41) is 2.02. The number of rotatable bonds is 7. The molecule has 0 unspecified atom stereocenters.